The molecule has 2 atom stereocenters. The van der Waals surface area contributed by atoms with Gasteiger partial charge in [-0.15, -0.1) is 0 Å². The van der Waals surface area contributed by atoms with E-state index in [0.29, 0.717) is 19.3 Å². The van der Waals surface area contributed by atoms with Crippen molar-refractivity contribution < 1.29 is 38.2 Å². The third kappa shape index (κ3) is 41.6. The van der Waals surface area contributed by atoms with Crippen LogP contribution in [-0.2, 0) is 28.6 Å². The summed E-state index contributed by atoms with van der Waals surface area (Å²) < 4.78 is 17.2. The van der Waals surface area contributed by atoms with Gasteiger partial charge >= 0.3 is 17.9 Å². The number of nitrogens with zero attached hydrogens (tertiary/aromatic N) is 1. The Balaban J connectivity index is 4.42. The average molecular weight is 865 g/mol. The van der Waals surface area contributed by atoms with Crippen LogP contribution in [0.2, 0.25) is 0 Å². The molecule has 0 aromatic heterocycles. The summed E-state index contributed by atoms with van der Waals surface area (Å²) >= 11 is 0. The SMILES string of the molecule is CC/C=C/C/C=C/C/C=C/C/C=C/C/C=C/C/C=C/CCC(=O)OC(COCCC(C(=O)O)[N+](C)(C)C)COC(=O)CCCCCCCCCCCC/C=C/C=C/CCCCC. The van der Waals surface area contributed by atoms with Crippen molar-refractivity contribution in [2.45, 2.75) is 187 Å². The van der Waals surface area contributed by atoms with Crippen molar-refractivity contribution >= 4 is 17.9 Å². The monoisotopic (exact) mass is 865 g/mol. The van der Waals surface area contributed by atoms with Gasteiger partial charge in [-0.1, -0.05) is 175 Å². The molecule has 0 fully saturated rings. The lowest BCUT2D eigenvalue weighted by Gasteiger charge is -2.31. The molecule has 0 aliphatic carbocycles. The van der Waals surface area contributed by atoms with Crippen LogP contribution < -0.4 is 0 Å². The summed E-state index contributed by atoms with van der Waals surface area (Å²) in [7, 11) is 5.50. The van der Waals surface area contributed by atoms with E-state index in [0.717, 1.165) is 57.8 Å². The van der Waals surface area contributed by atoms with E-state index < -0.39 is 24.1 Å². The summed E-state index contributed by atoms with van der Waals surface area (Å²) in [5.41, 5.74) is 0. The summed E-state index contributed by atoms with van der Waals surface area (Å²) in [6.45, 7) is 4.50. The van der Waals surface area contributed by atoms with Crippen LogP contribution in [0.15, 0.2) is 97.2 Å². The maximum Gasteiger partial charge on any atom is 0.362 e. The number of carbonyl (C=O) groups is 3. The van der Waals surface area contributed by atoms with Crippen LogP contribution in [0.5, 0.6) is 0 Å². The number of hydrogen-bond donors (Lipinski definition) is 1. The fourth-order valence-electron chi connectivity index (χ4n) is 6.52. The molecule has 0 aromatic rings. The van der Waals surface area contributed by atoms with Gasteiger partial charge in [-0.3, -0.25) is 9.59 Å². The predicted molar refractivity (Wildman–Crippen MR) is 261 cm³/mol. The van der Waals surface area contributed by atoms with Gasteiger partial charge in [-0.05, 0) is 77.0 Å². The van der Waals surface area contributed by atoms with Gasteiger partial charge in [0.05, 0.1) is 34.4 Å². The van der Waals surface area contributed by atoms with E-state index in [1.807, 2.05) is 33.3 Å². The number of hydrogen-bond acceptors (Lipinski definition) is 6. The Morgan fingerprint density at radius 3 is 1.47 bits per heavy atom. The van der Waals surface area contributed by atoms with Crippen LogP contribution in [0.1, 0.15) is 174 Å². The average Bonchev–Trinajstić information content (AvgIpc) is 3.23. The maximum absolute atomic E-state index is 12.7. The largest absolute Gasteiger partial charge is 0.477 e. The molecule has 62 heavy (non-hydrogen) atoms. The molecule has 0 radical (unpaired) electrons. The highest BCUT2D eigenvalue weighted by molar-refractivity contribution is 5.72. The lowest BCUT2D eigenvalue weighted by atomic mass is 10.1. The summed E-state index contributed by atoms with van der Waals surface area (Å²) in [6, 6.07) is -0.634. The van der Waals surface area contributed by atoms with E-state index >= 15 is 0 Å². The second-order valence-corrected chi connectivity index (χ2v) is 17.0. The van der Waals surface area contributed by atoms with Crippen LogP contribution in [0.25, 0.3) is 0 Å². The molecule has 8 nitrogen and oxygen atoms in total. The van der Waals surface area contributed by atoms with E-state index in [1.165, 1.54) is 77.0 Å². The highest BCUT2D eigenvalue weighted by Gasteiger charge is 2.31. The summed E-state index contributed by atoms with van der Waals surface area (Å²) in [6.07, 6.45) is 58.9. The van der Waals surface area contributed by atoms with Gasteiger partial charge in [0.15, 0.2) is 12.1 Å². The molecule has 352 valence electrons. The first-order valence-corrected chi connectivity index (χ1v) is 24.3. The van der Waals surface area contributed by atoms with Crippen molar-refractivity contribution in [2.24, 2.45) is 0 Å². The number of rotatable bonds is 42. The highest BCUT2D eigenvalue weighted by Crippen LogP contribution is 2.14. The molecular formula is C54H90NO7+. The van der Waals surface area contributed by atoms with Crippen LogP contribution >= 0.6 is 0 Å². The van der Waals surface area contributed by atoms with Crippen LogP contribution in [0.3, 0.4) is 0 Å². The fraction of sp³-hybridized carbons (Fsp3) is 0.648. The third-order valence-corrected chi connectivity index (χ3v) is 10.3. The molecule has 0 spiro atoms. The number of carboxylic acid groups (broad SMARTS) is 1. The summed E-state index contributed by atoms with van der Waals surface area (Å²) in [5, 5.41) is 9.64. The molecule has 0 amide bonds. The normalized spacial score (nSPS) is 13.8. The van der Waals surface area contributed by atoms with Gasteiger partial charge in [0.1, 0.15) is 6.61 Å². The van der Waals surface area contributed by atoms with Gasteiger partial charge in [0.2, 0.25) is 0 Å². The number of quaternary nitrogens is 1. The van der Waals surface area contributed by atoms with E-state index in [9.17, 15) is 19.5 Å². The Morgan fingerprint density at radius 1 is 0.516 bits per heavy atom. The van der Waals surface area contributed by atoms with Gasteiger partial charge in [-0.2, -0.15) is 0 Å². The van der Waals surface area contributed by atoms with Crippen molar-refractivity contribution in [2.75, 3.05) is 41.0 Å². The molecule has 0 aliphatic rings. The zero-order valence-corrected chi connectivity index (χ0v) is 40.0. The van der Waals surface area contributed by atoms with E-state index in [1.54, 1.807) is 0 Å². The maximum atomic E-state index is 12.7. The molecule has 0 rings (SSSR count). The number of likely N-dealkylation sites (N-methyl/N-ethyl adjacent to an activating group) is 1. The van der Waals surface area contributed by atoms with Crippen molar-refractivity contribution in [3.05, 3.63) is 97.2 Å². The summed E-state index contributed by atoms with van der Waals surface area (Å²) in [5.74, 6) is -1.59. The minimum Gasteiger partial charge on any atom is -0.477 e. The lowest BCUT2D eigenvalue weighted by molar-refractivity contribution is -0.887. The Labute approximate surface area is 379 Å². The number of unbranched alkanes of at least 4 members (excludes halogenated alkanes) is 13. The van der Waals surface area contributed by atoms with Crippen LogP contribution in [0, 0.1) is 0 Å². The molecule has 1 N–H and O–H groups in total. The van der Waals surface area contributed by atoms with Crippen molar-refractivity contribution in [3.63, 3.8) is 0 Å². The first-order chi connectivity index (χ1) is 30.1. The number of carbonyl (C=O) groups excluding carboxylic acids is 2. The zero-order valence-electron chi connectivity index (χ0n) is 40.0. The molecule has 0 bridgehead atoms. The minimum absolute atomic E-state index is 0.0241. The molecule has 0 saturated heterocycles. The summed E-state index contributed by atoms with van der Waals surface area (Å²) in [4.78, 5) is 37.1. The quantitative estimate of drug-likeness (QED) is 0.0214. The molecule has 0 aromatic carbocycles. The van der Waals surface area contributed by atoms with Crippen molar-refractivity contribution in [1.82, 2.24) is 0 Å². The van der Waals surface area contributed by atoms with E-state index in [4.69, 9.17) is 14.2 Å². The number of esters is 2. The highest BCUT2D eigenvalue weighted by atomic mass is 16.6. The Morgan fingerprint density at radius 2 is 0.984 bits per heavy atom. The van der Waals surface area contributed by atoms with E-state index in [-0.39, 0.29) is 36.7 Å². The fourth-order valence-corrected chi connectivity index (χ4v) is 6.52. The van der Waals surface area contributed by atoms with Gasteiger partial charge < -0.3 is 23.8 Å². The Bertz CT molecular complexity index is 1330. The first kappa shape index (κ1) is 58.2. The van der Waals surface area contributed by atoms with Gasteiger partial charge in [0.25, 0.3) is 0 Å². The molecule has 8 heteroatoms. The van der Waals surface area contributed by atoms with Gasteiger partial charge in [-0.25, -0.2) is 4.79 Å². The number of aliphatic carboxylic acids is 1. The molecule has 2 unspecified atom stereocenters. The van der Waals surface area contributed by atoms with Crippen molar-refractivity contribution in [1.29, 1.82) is 0 Å². The second-order valence-electron chi connectivity index (χ2n) is 17.0. The molecule has 0 aliphatic heterocycles. The lowest BCUT2D eigenvalue weighted by Crippen LogP contribution is -2.50. The third-order valence-electron chi connectivity index (χ3n) is 10.3. The topological polar surface area (TPSA) is 99.1 Å². The number of carboxylic acids is 1. The van der Waals surface area contributed by atoms with E-state index in [2.05, 4.69) is 98.9 Å². The first-order valence-electron chi connectivity index (χ1n) is 24.3. The molecule has 0 heterocycles. The molecular weight excluding hydrogens is 775 g/mol. The van der Waals surface area contributed by atoms with Crippen LogP contribution in [-0.4, -0.2) is 80.6 Å². The predicted octanol–water partition coefficient (Wildman–Crippen LogP) is 13.9. The van der Waals surface area contributed by atoms with Gasteiger partial charge in [0, 0.05) is 19.3 Å². The minimum atomic E-state index is -0.890. The van der Waals surface area contributed by atoms with Crippen LogP contribution in [0.4, 0.5) is 0 Å². The number of ether oxygens (including phenoxy) is 3. The standard InChI is InChI=1S/C54H89NO7/c1-6-8-10-12-14-16-18-20-22-24-26-28-30-32-34-36-38-40-42-44-52(56)61-49-50(48-60-47-46-51(54(58)59)55(3,4)5)62-53(57)45-43-41-39-37-35-33-31-29-27-25-23-21-19-17-15-13-11-9-7-2/h9,11,14-18,20-21,23,27,29,33,35,39,41,50-51H,6-8,10,12-13,19,22,24-26,28,30-32,34,36-38,40,42-49H2,1-5H3/p+1/b11-9+,16-14+,17-15+,20-18+,23-21+,29-27+,35-33+,41-39+. The Hall–Kier alpha value is -3.75. The smallest absolute Gasteiger partial charge is 0.362 e. The number of allylic oxidation sites excluding steroid dienone is 16. The zero-order chi connectivity index (χ0) is 45.6. The van der Waals surface area contributed by atoms with Crippen molar-refractivity contribution in [3.8, 4) is 0 Å². The molecule has 0 saturated carbocycles. The Kier molecular flexibility index (Phi) is 41.2. The second kappa shape index (κ2) is 43.9.